The SMILES string of the molecule is CN(C)c1ccc(P(=O)(Cc2cc3ccccc3c(-c3c([O-])c(CP(=O)(c4ccc(N(C)C)cc4)c4ccc(N(C)C)cc4)cc4ccccc34)c2[O-])c2ccc(N(C)C)cc2)cc1.[Al+3].[Cl-]. The molecule has 0 aromatic heterocycles. The molecule has 0 bridgehead atoms. The molecule has 0 fully saturated rings. The molecule has 0 radical (unpaired) electrons. The number of anilines is 4. The molecule has 0 saturated carbocycles. The predicted octanol–water partition coefficient (Wildman–Crippen LogP) is 5.72. The minimum Gasteiger partial charge on any atom is -1.00 e. The van der Waals surface area contributed by atoms with E-state index in [0.717, 1.165) is 33.5 Å². The van der Waals surface area contributed by atoms with Crippen LogP contribution in [0.1, 0.15) is 11.1 Å². The molecule has 0 N–H and O–H groups in total. The Morgan fingerprint density at radius 3 is 0.879 bits per heavy atom. The van der Waals surface area contributed by atoms with Crippen LogP contribution in [0.4, 0.5) is 22.7 Å². The molecular formula is C54H54AlClN4O4P2. The number of fused-ring (bicyclic) bond motifs is 2. The Balaban J connectivity index is 0.00000360. The molecule has 8 aromatic carbocycles. The zero-order valence-corrected chi connectivity index (χ0v) is 42.4. The van der Waals surface area contributed by atoms with E-state index in [1.54, 1.807) is 0 Å². The molecule has 66 heavy (non-hydrogen) atoms. The molecule has 0 heterocycles. The van der Waals surface area contributed by atoms with Gasteiger partial charge in [0.15, 0.2) is 0 Å². The van der Waals surface area contributed by atoms with Gasteiger partial charge in [-0.15, -0.1) is 0 Å². The van der Waals surface area contributed by atoms with Crippen LogP contribution >= 0.6 is 14.3 Å². The van der Waals surface area contributed by atoms with Gasteiger partial charge in [0.05, 0.1) is 0 Å². The van der Waals surface area contributed by atoms with Gasteiger partial charge in [0, 0.05) is 113 Å². The van der Waals surface area contributed by atoms with Crippen LogP contribution in [0, 0.1) is 0 Å². The van der Waals surface area contributed by atoms with E-state index in [2.05, 4.69) is 0 Å². The van der Waals surface area contributed by atoms with Gasteiger partial charge in [0.1, 0.15) is 14.3 Å². The van der Waals surface area contributed by atoms with Crippen LogP contribution in [0.2, 0.25) is 0 Å². The van der Waals surface area contributed by atoms with Gasteiger partial charge in [-0.25, -0.2) is 0 Å². The number of hydrogen-bond acceptors (Lipinski definition) is 8. The third kappa shape index (κ3) is 9.48. The van der Waals surface area contributed by atoms with E-state index < -0.39 is 14.3 Å². The zero-order chi connectivity index (χ0) is 45.5. The molecule has 0 spiro atoms. The second-order valence-electron chi connectivity index (χ2n) is 17.4. The van der Waals surface area contributed by atoms with Crippen LogP contribution in [0.25, 0.3) is 32.7 Å². The maximum atomic E-state index is 15.9. The number of halogens is 1. The van der Waals surface area contributed by atoms with Crippen molar-refractivity contribution in [2.75, 3.05) is 76.0 Å². The molecule has 0 amide bonds. The topological polar surface area (TPSA) is 93.2 Å². The van der Waals surface area contributed by atoms with Crippen LogP contribution in [-0.4, -0.2) is 73.7 Å². The molecule has 0 saturated heterocycles. The van der Waals surface area contributed by atoms with Crippen molar-refractivity contribution in [3.8, 4) is 22.6 Å². The maximum Gasteiger partial charge on any atom is 3.00 e. The summed E-state index contributed by atoms with van der Waals surface area (Å²) < 4.78 is 31.8. The predicted molar refractivity (Wildman–Crippen MR) is 276 cm³/mol. The summed E-state index contributed by atoms with van der Waals surface area (Å²) in [5, 5.41) is 36.3. The monoisotopic (exact) mass is 946 g/mol. The van der Waals surface area contributed by atoms with E-state index in [1.807, 2.05) is 234 Å². The number of benzene rings is 8. The number of hydrogen-bond donors (Lipinski definition) is 0. The van der Waals surface area contributed by atoms with Crippen LogP contribution in [0.15, 0.2) is 158 Å². The molecule has 8 nitrogen and oxygen atoms in total. The van der Waals surface area contributed by atoms with E-state index in [-0.39, 0.29) is 64.7 Å². The Morgan fingerprint density at radius 1 is 0.394 bits per heavy atom. The fourth-order valence-electron chi connectivity index (χ4n) is 8.61. The molecule has 0 unspecified atom stereocenters. The molecule has 0 aliphatic heterocycles. The Labute approximate surface area is 406 Å². The molecule has 0 atom stereocenters. The molecule has 0 aliphatic carbocycles. The first-order valence-corrected chi connectivity index (χ1v) is 25.1. The smallest absolute Gasteiger partial charge is 1.00 e. The van der Waals surface area contributed by atoms with E-state index in [9.17, 15) is 0 Å². The minimum absolute atomic E-state index is 0. The largest absolute Gasteiger partial charge is 3.00 e. The van der Waals surface area contributed by atoms with Crippen LogP contribution in [0.5, 0.6) is 11.5 Å². The normalized spacial score (nSPS) is 11.5. The fraction of sp³-hybridized carbons (Fsp3) is 0.185. The van der Waals surface area contributed by atoms with Crippen LogP contribution in [-0.2, 0) is 21.5 Å². The summed E-state index contributed by atoms with van der Waals surface area (Å²) in [6.45, 7) is 0. The maximum absolute atomic E-state index is 15.9. The molecule has 8 rings (SSSR count). The van der Waals surface area contributed by atoms with Crippen molar-refractivity contribution in [3.63, 3.8) is 0 Å². The van der Waals surface area contributed by atoms with Crippen molar-refractivity contribution in [2.45, 2.75) is 12.3 Å². The van der Waals surface area contributed by atoms with E-state index in [4.69, 9.17) is 0 Å². The first-order chi connectivity index (χ1) is 30.6. The van der Waals surface area contributed by atoms with Crippen molar-refractivity contribution in [3.05, 3.63) is 169 Å². The Hall–Kier alpha value is -5.64. The molecule has 8 aromatic rings. The summed E-state index contributed by atoms with van der Waals surface area (Å²) >= 11 is 0. The first-order valence-electron chi connectivity index (χ1n) is 21.3. The van der Waals surface area contributed by atoms with Crippen molar-refractivity contribution in [1.29, 1.82) is 0 Å². The van der Waals surface area contributed by atoms with Crippen molar-refractivity contribution >= 4 is 97.2 Å². The van der Waals surface area contributed by atoms with E-state index >= 15 is 19.3 Å². The summed E-state index contributed by atoms with van der Waals surface area (Å²) in [6.07, 6.45) is -0.113. The molecule has 334 valence electrons. The van der Waals surface area contributed by atoms with Crippen molar-refractivity contribution in [2.24, 2.45) is 0 Å². The van der Waals surface area contributed by atoms with Crippen LogP contribution < -0.4 is 63.4 Å². The zero-order valence-electron chi connectivity index (χ0n) is 38.7. The Bertz CT molecular complexity index is 2770. The quantitative estimate of drug-likeness (QED) is 0.107. The van der Waals surface area contributed by atoms with Gasteiger partial charge in [-0.05, 0) is 141 Å². The van der Waals surface area contributed by atoms with Gasteiger partial charge < -0.3 is 51.3 Å². The van der Waals surface area contributed by atoms with Crippen LogP contribution in [0.3, 0.4) is 0 Å². The summed E-state index contributed by atoms with van der Waals surface area (Å²) in [4.78, 5) is 7.97. The van der Waals surface area contributed by atoms with E-state index in [1.165, 1.54) is 0 Å². The third-order valence-corrected chi connectivity index (χ3v) is 18.4. The molecular weight excluding hydrogens is 893 g/mol. The Morgan fingerprint density at radius 2 is 0.636 bits per heavy atom. The van der Waals surface area contributed by atoms with Gasteiger partial charge in [-0.3, -0.25) is 0 Å². The van der Waals surface area contributed by atoms with E-state index in [0.29, 0.717) is 43.1 Å². The fourth-order valence-corrected chi connectivity index (χ4v) is 13.9. The van der Waals surface area contributed by atoms with Gasteiger partial charge in [0.2, 0.25) is 0 Å². The van der Waals surface area contributed by atoms with Crippen molar-refractivity contribution < 1.29 is 31.8 Å². The average Bonchev–Trinajstić information content (AvgIpc) is 3.30. The summed E-state index contributed by atoms with van der Waals surface area (Å²) in [7, 11) is 8.67. The minimum atomic E-state index is -3.51. The van der Waals surface area contributed by atoms with Gasteiger partial charge in [-0.2, -0.15) is 0 Å². The standard InChI is InChI=1S/C54H56N4O4P2.Al.ClH/c1-55(2)41-17-25-45(26-18-41)63(61,46-27-19-42(20-28-46)56(3)4)35-39-33-37-13-9-11-15-49(37)51(53(39)59)52-50-16-12-10-14-38(50)34-40(54(52)60)36-64(62,47-29-21-43(22-30-47)57(5)6)48-31-23-44(24-32-48)58(7)8;;/h9-34,59-60H,35-36H2,1-8H3;;1H/q;+3;/p-3. The van der Waals surface area contributed by atoms with Gasteiger partial charge in [0.25, 0.3) is 0 Å². The summed E-state index contributed by atoms with van der Waals surface area (Å²) in [6, 6.07) is 49.7. The molecule has 0 aliphatic rings. The third-order valence-electron chi connectivity index (χ3n) is 12.3. The second kappa shape index (κ2) is 20.1. The number of nitrogens with zero attached hydrogens (tertiary/aromatic N) is 4. The van der Waals surface area contributed by atoms with Crippen molar-refractivity contribution in [1.82, 2.24) is 0 Å². The Kier molecular flexibility index (Phi) is 15.1. The summed E-state index contributed by atoms with van der Waals surface area (Å²) in [5.74, 6) is -0.704. The summed E-state index contributed by atoms with van der Waals surface area (Å²) in [5.41, 5.74) is 5.08. The van der Waals surface area contributed by atoms with Gasteiger partial charge in [-0.1, -0.05) is 72.2 Å². The van der Waals surface area contributed by atoms with Gasteiger partial charge >= 0.3 is 17.4 Å². The number of rotatable bonds is 13. The first kappa shape index (κ1) is 49.8. The second-order valence-corrected chi connectivity index (χ2v) is 23.0. The molecule has 12 heteroatoms. The average molecular weight is 947 g/mol.